The number of carbonyl (C=O) groups is 1. The summed E-state index contributed by atoms with van der Waals surface area (Å²) in [6.45, 7) is 6.47. The van der Waals surface area contributed by atoms with Gasteiger partial charge in [0, 0.05) is 5.02 Å². The highest BCUT2D eigenvalue weighted by atomic mass is 127. The third-order valence-electron chi connectivity index (χ3n) is 6.85. The predicted octanol–water partition coefficient (Wildman–Crippen LogP) is 6.04. The largest absolute Gasteiger partial charge is 0.494 e. The maximum absolute atomic E-state index is 14.0. The van der Waals surface area contributed by atoms with E-state index in [0.29, 0.717) is 56.1 Å². The van der Waals surface area contributed by atoms with Crippen LogP contribution >= 0.6 is 45.5 Å². The minimum absolute atomic E-state index is 0.204. The van der Waals surface area contributed by atoms with E-state index in [1.807, 2.05) is 67.6 Å². The van der Waals surface area contributed by atoms with Crippen molar-refractivity contribution < 1.29 is 23.7 Å². The van der Waals surface area contributed by atoms with Gasteiger partial charge in [0.15, 0.2) is 16.3 Å². The molecule has 5 rings (SSSR count). The number of nitrogens with zero attached hydrogens (tertiary/aromatic N) is 2. The molecule has 4 aromatic rings. The topological polar surface area (TPSA) is 88.4 Å². The van der Waals surface area contributed by atoms with E-state index in [4.69, 9.17) is 30.5 Å². The Labute approximate surface area is 277 Å². The SMILES string of the molecule is CCOC(=O)C1=C(C)N=c2s/c(=C\c3cc(I)c(OCc4cccc(Cl)c4)c(OC)c3)c(=O)n2[C@H]1c1ccc(OCC)cc1. The number of aromatic nitrogens is 1. The van der Waals surface area contributed by atoms with Gasteiger partial charge in [-0.05, 0) is 103 Å². The van der Waals surface area contributed by atoms with Crippen molar-refractivity contribution in [3.05, 3.63) is 117 Å². The van der Waals surface area contributed by atoms with Crippen molar-refractivity contribution in [1.29, 1.82) is 0 Å². The number of methoxy groups -OCH3 is 1. The second-order valence-corrected chi connectivity index (χ2v) is 12.4. The molecule has 0 aliphatic carbocycles. The van der Waals surface area contributed by atoms with E-state index in [2.05, 4.69) is 27.6 Å². The average molecular weight is 745 g/mol. The van der Waals surface area contributed by atoms with Crippen LogP contribution in [0.3, 0.4) is 0 Å². The summed E-state index contributed by atoms with van der Waals surface area (Å²) >= 11 is 9.58. The molecule has 0 radical (unpaired) electrons. The summed E-state index contributed by atoms with van der Waals surface area (Å²) in [5, 5.41) is 0.638. The molecular formula is C33H30ClIN2O6S. The summed E-state index contributed by atoms with van der Waals surface area (Å²) in [6, 6.07) is 17.9. The molecule has 0 unspecified atom stereocenters. The highest BCUT2D eigenvalue weighted by Gasteiger charge is 2.33. The van der Waals surface area contributed by atoms with Crippen LogP contribution in [0.1, 0.15) is 43.5 Å². The lowest BCUT2D eigenvalue weighted by molar-refractivity contribution is -0.139. The number of hydrogen-bond acceptors (Lipinski definition) is 8. The van der Waals surface area contributed by atoms with Crippen LogP contribution in [0.4, 0.5) is 0 Å². The van der Waals surface area contributed by atoms with E-state index in [-0.39, 0.29) is 12.2 Å². The first-order valence-corrected chi connectivity index (χ1v) is 16.2. The van der Waals surface area contributed by atoms with Gasteiger partial charge in [-0.2, -0.15) is 0 Å². The second-order valence-electron chi connectivity index (χ2n) is 9.76. The Balaban J connectivity index is 1.56. The Morgan fingerprint density at radius 3 is 2.55 bits per heavy atom. The van der Waals surface area contributed by atoms with Gasteiger partial charge in [0.1, 0.15) is 12.4 Å². The summed E-state index contributed by atoms with van der Waals surface area (Å²) in [5.41, 5.74) is 3.00. The van der Waals surface area contributed by atoms with Crippen molar-refractivity contribution in [2.45, 2.75) is 33.4 Å². The molecule has 2 heterocycles. The van der Waals surface area contributed by atoms with Gasteiger partial charge in [0.05, 0.1) is 45.7 Å². The van der Waals surface area contributed by atoms with Crippen LogP contribution in [0.25, 0.3) is 6.08 Å². The quantitative estimate of drug-likeness (QED) is 0.145. The third kappa shape index (κ3) is 6.72. The van der Waals surface area contributed by atoms with E-state index in [1.165, 1.54) is 11.3 Å². The van der Waals surface area contributed by atoms with Crippen LogP contribution in [0.5, 0.6) is 17.2 Å². The minimum atomic E-state index is -0.708. The standard InChI is InChI=1S/C33H30ClIN2O6S/c1-5-41-24-12-10-22(11-13-24)29-28(32(39)42-6-2)19(3)36-33-37(29)31(38)27(44-33)17-21-15-25(35)30(26(16-21)40-4)43-18-20-8-7-9-23(34)14-20/h7-17,29H,5-6,18H2,1-4H3/b27-17-/t29-/m0/s1. The Bertz CT molecular complexity index is 1920. The molecule has 0 fully saturated rings. The van der Waals surface area contributed by atoms with Gasteiger partial charge in [-0.25, -0.2) is 9.79 Å². The van der Waals surface area contributed by atoms with E-state index in [9.17, 15) is 9.59 Å². The maximum atomic E-state index is 14.0. The molecule has 11 heteroatoms. The van der Waals surface area contributed by atoms with E-state index < -0.39 is 12.0 Å². The lowest BCUT2D eigenvalue weighted by Gasteiger charge is -2.24. The Morgan fingerprint density at radius 1 is 1.09 bits per heavy atom. The summed E-state index contributed by atoms with van der Waals surface area (Å²) in [6.07, 6.45) is 1.80. The monoisotopic (exact) mass is 744 g/mol. The Hall–Kier alpha value is -3.61. The number of hydrogen-bond donors (Lipinski definition) is 0. The minimum Gasteiger partial charge on any atom is -0.494 e. The molecule has 3 aromatic carbocycles. The van der Waals surface area contributed by atoms with Crippen LogP contribution < -0.4 is 29.1 Å². The highest BCUT2D eigenvalue weighted by Crippen LogP contribution is 2.35. The first kappa shape index (κ1) is 31.8. The van der Waals surface area contributed by atoms with Gasteiger partial charge >= 0.3 is 5.97 Å². The molecule has 228 valence electrons. The van der Waals surface area contributed by atoms with Crippen LogP contribution in [0, 0.1) is 3.57 Å². The number of fused-ring (bicyclic) bond motifs is 1. The Morgan fingerprint density at radius 2 is 1.86 bits per heavy atom. The van der Waals surface area contributed by atoms with Gasteiger partial charge in [-0.1, -0.05) is 47.2 Å². The Kier molecular flexibility index (Phi) is 10.1. The zero-order chi connectivity index (χ0) is 31.4. The van der Waals surface area contributed by atoms with Crippen molar-refractivity contribution in [2.75, 3.05) is 20.3 Å². The van der Waals surface area contributed by atoms with Gasteiger partial charge < -0.3 is 18.9 Å². The summed E-state index contributed by atoms with van der Waals surface area (Å²) in [7, 11) is 1.58. The molecule has 0 N–H and O–H groups in total. The van der Waals surface area contributed by atoms with Crippen LogP contribution in [0.2, 0.25) is 5.02 Å². The van der Waals surface area contributed by atoms with Crippen molar-refractivity contribution in [3.8, 4) is 17.2 Å². The van der Waals surface area contributed by atoms with E-state index in [1.54, 1.807) is 31.6 Å². The molecule has 44 heavy (non-hydrogen) atoms. The predicted molar refractivity (Wildman–Crippen MR) is 180 cm³/mol. The van der Waals surface area contributed by atoms with Gasteiger partial charge in [0.2, 0.25) is 0 Å². The average Bonchev–Trinajstić information content (AvgIpc) is 3.30. The number of esters is 1. The van der Waals surface area contributed by atoms with Crippen molar-refractivity contribution >= 4 is 57.6 Å². The molecule has 0 bridgehead atoms. The molecule has 8 nitrogen and oxygen atoms in total. The second kappa shape index (κ2) is 14.0. The zero-order valence-corrected chi connectivity index (χ0v) is 28.3. The lowest BCUT2D eigenvalue weighted by atomic mass is 9.96. The number of allylic oxidation sites excluding steroid dienone is 1. The number of carbonyl (C=O) groups excluding carboxylic acids is 1. The first-order valence-electron chi connectivity index (χ1n) is 13.9. The van der Waals surface area contributed by atoms with Crippen molar-refractivity contribution in [2.24, 2.45) is 4.99 Å². The third-order valence-corrected chi connectivity index (χ3v) is 8.86. The maximum Gasteiger partial charge on any atom is 0.338 e. The molecule has 0 amide bonds. The molecule has 1 aromatic heterocycles. The van der Waals surface area contributed by atoms with Gasteiger partial charge in [0.25, 0.3) is 5.56 Å². The van der Waals surface area contributed by atoms with E-state index in [0.717, 1.165) is 20.3 Å². The first-order chi connectivity index (χ1) is 21.2. The fraction of sp³-hybridized carbons (Fsp3) is 0.242. The van der Waals surface area contributed by atoms with Crippen LogP contribution in [0.15, 0.2) is 81.7 Å². The van der Waals surface area contributed by atoms with Crippen molar-refractivity contribution in [1.82, 2.24) is 4.57 Å². The molecule has 1 aliphatic heterocycles. The van der Waals surface area contributed by atoms with Gasteiger partial charge in [-0.3, -0.25) is 9.36 Å². The van der Waals surface area contributed by atoms with E-state index >= 15 is 0 Å². The van der Waals surface area contributed by atoms with Crippen LogP contribution in [-0.2, 0) is 16.1 Å². The molecule has 0 saturated carbocycles. The number of benzene rings is 3. The number of halogens is 2. The fourth-order valence-electron chi connectivity index (χ4n) is 4.92. The molecule has 0 spiro atoms. The smallest absolute Gasteiger partial charge is 0.338 e. The summed E-state index contributed by atoms with van der Waals surface area (Å²) in [4.78, 5) is 32.3. The fourth-order valence-corrected chi connectivity index (χ4v) is 6.96. The molecule has 1 aliphatic rings. The highest BCUT2D eigenvalue weighted by molar-refractivity contribution is 14.1. The normalized spacial score (nSPS) is 14.6. The lowest BCUT2D eigenvalue weighted by Crippen LogP contribution is -2.39. The summed E-state index contributed by atoms with van der Waals surface area (Å²) < 4.78 is 25.6. The van der Waals surface area contributed by atoms with Crippen LogP contribution in [-0.4, -0.2) is 30.9 Å². The number of thiazole rings is 1. The summed E-state index contributed by atoms with van der Waals surface area (Å²) in [5.74, 6) is 1.32. The number of rotatable bonds is 10. The molecule has 0 saturated heterocycles. The molecule has 1 atom stereocenters. The number of ether oxygens (including phenoxy) is 4. The van der Waals surface area contributed by atoms with Crippen molar-refractivity contribution in [3.63, 3.8) is 0 Å². The zero-order valence-electron chi connectivity index (χ0n) is 24.6. The molecular weight excluding hydrogens is 715 g/mol. The van der Waals surface area contributed by atoms with Gasteiger partial charge in [-0.15, -0.1) is 0 Å².